The Kier molecular flexibility index (Phi) is 3.33. The lowest BCUT2D eigenvalue weighted by molar-refractivity contribution is -0.128. The summed E-state index contributed by atoms with van der Waals surface area (Å²) in [5.74, 6) is -0.768. The maximum Gasteiger partial charge on any atom is 0.241 e. The van der Waals surface area contributed by atoms with Crippen LogP contribution in [0, 0.1) is 11.3 Å². The Morgan fingerprint density at radius 3 is 1.91 bits per heavy atom. The van der Waals surface area contributed by atoms with E-state index >= 15 is 0 Å². The van der Waals surface area contributed by atoms with Gasteiger partial charge in [0, 0.05) is 11.8 Å². The second-order valence-corrected chi connectivity index (χ2v) is 9.44. The summed E-state index contributed by atoms with van der Waals surface area (Å²) >= 11 is 0. The highest BCUT2D eigenvalue weighted by molar-refractivity contribution is 6.25. The zero-order valence-corrected chi connectivity index (χ0v) is 17.7. The van der Waals surface area contributed by atoms with E-state index in [9.17, 15) is 9.59 Å². The van der Waals surface area contributed by atoms with Gasteiger partial charge in [0.15, 0.2) is 0 Å². The average Bonchev–Trinajstić information content (AvgIpc) is 3.04. The third-order valence-corrected chi connectivity index (χ3v) is 8.00. The molecule has 3 nitrogen and oxygen atoms in total. The summed E-state index contributed by atoms with van der Waals surface area (Å²) in [5.41, 5.74) is 4.64. The molecule has 8 rings (SSSR count). The van der Waals surface area contributed by atoms with Crippen LogP contribution in [-0.4, -0.2) is 11.8 Å². The summed E-state index contributed by atoms with van der Waals surface area (Å²) in [7, 11) is 0. The normalized spacial score (nSPS) is 27.4. The van der Waals surface area contributed by atoms with Gasteiger partial charge in [-0.15, -0.1) is 0 Å². The van der Waals surface area contributed by atoms with Crippen LogP contribution in [0.25, 0.3) is 10.8 Å². The first-order valence-electron chi connectivity index (χ1n) is 11.2. The molecule has 1 aliphatic heterocycles. The van der Waals surface area contributed by atoms with Gasteiger partial charge in [0.2, 0.25) is 11.8 Å². The smallest absolute Gasteiger partial charge is 0.241 e. The van der Waals surface area contributed by atoms with Crippen molar-refractivity contribution in [1.29, 1.82) is 0 Å². The van der Waals surface area contributed by atoms with Crippen LogP contribution in [0.1, 0.15) is 41.0 Å². The van der Waals surface area contributed by atoms with Gasteiger partial charge in [0.1, 0.15) is 0 Å². The van der Waals surface area contributed by atoms with Crippen LogP contribution in [-0.2, 0) is 9.59 Å². The minimum atomic E-state index is -0.796. The maximum atomic E-state index is 14.1. The van der Waals surface area contributed by atoms with Gasteiger partial charge in [-0.1, -0.05) is 78.9 Å². The van der Waals surface area contributed by atoms with Crippen molar-refractivity contribution in [1.82, 2.24) is 0 Å². The van der Waals surface area contributed by atoms with Crippen molar-refractivity contribution in [3.8, 4) is 0 Å². The fraction of sp³-hybridized carbons (Fsp3) is 0.172. The quantitative estimate of drug-likeness (QED) is 0.378. The predicted octanol–water partition coefficient (Wildman–Crippen LogP) is 5.63. The number of amides is 2. The molecule has 4 aliphatic rings. The molecule has 0 N–H and O–H groups in total. The number of hydrogen-bond acceptors (Lipinski definition) is 2. The summed E-state index contributed by atoms with van der Waals surface area (Å²) in [5, 5.41) is 2.12. The highest BCUT2D eigenvalue weighted by atomic mass is 16.2. The minimum Gasteiger partial charge on any atom is -0.274 e. The van der Waals surface area contributed by atoms with Gasteiger partial charge >= 0.3 is 0 Å². The topological polar surface area (TPSA) is 37.4 Å². The minimum absolute atomic E-state index is 0.0770. The third-order valence-electron chi connectivity index (χ3n) is 8.00. The van der Waals surface area contributed by atoms with E-state index < -0.39 is 11.3 Å². The first kappa shape index (κ1) is 17.9. The molecule has 0 radical (unpaired) electrons. The molecule has 0 spiro atoms. The van der Waals surface area contributed by atoms with Crippen LogP contribution in [0.3, 0.4) is 0 Å². The van der Waals surface area contributed by atoms with E-state index in [1.807, 2.05) is 73.7 Å². The van der Waals surface area contributed by atoms with Crippen molar-refractivity contribution in [3.05, 3.63) is 113 Å². The highest BCUT2D eigenvalue weighted by Crippen LogP contribution is 2.67. The lowest BCUT2D eigenvalue weighted by Crippen LogP contribution is -2.49. The molecule has 3 heteroatoms. The molecule has 3 aliphatic carbocycles. The van der Waals surface area contributed by atoms with Crippen molar-refractivity contribution in [2.45, 2.75) is 18.8 Å². The number of fused-ring (bicyclic) bond motifs is 1. The van der Waals surface area contributed by atoms with Crippen LogP contribution >= 0.6 is 0 Å². The molecule has 154 valence electrons. The highest BCUT2D eigenvalue weighted by Gasteiger charge is 2.68. The van der Waals surface area contributed by atoms with Gasteiger partial charge in [-0.05, 0) is 52.1 Å². The molecule has 2 atom stereocenters. The molecule has 2 bridgehead atoms. The number of hydrogen-bond donors (Lipinski definition) is 0. The van der Waals surface area contributed by atoms with Crippen LogP contribution in [0.2, 0.25) is 0 Å². The molecular weight excluding hydrogens is 394 g/mol. The lowest BCUT2D eigenvalue weighted by Gasteiger charge is -2.51. The average molecular weight is 415 g/mol. The Hall–Kier alpha value is -3.72. The van der Waals surface area contributed by atoms with Gasteiger partial charge < -0.3 is 0 Å². The molecular formula is C29H21NO2. The number of imide groups is 1. The number of anilines is 1. The molecule has 0 unspecified atom stereocenters. The van der Waals surface area contributed by atoms with Gasteiger partial charge in [-0.25, -0.2) is 4.90 Å². The maximum absolute atomic E-state index is 14.1. The number of carbonyl (C=O) groups excluding carboxylic acids is 2. The van der Waals surface area contributed by atoms with E-state index in [0.717, 1.165) is 10.8 Å². The van der Waals surface area contributed by atoms with Crippen LogP contribution in [0.5, 0.6) is 0 Å². The molecule has 1 heterocycles. The van der Waals surface area contributed by atoms with E-state index in [4.69, 9.17) is 0 Å². The molecule has 2 amide bonds. The van der Waals surface area contributed by atoms with Crippen LogP contribution in [0.4, 0.5) is 5.69 Å². The lowest BCUT2D eigenvalue weighted by atomic mass is 9.48. The summed E-state index contributed by atoms with van der Waals surface area (Å²) in [6, 6.07) is 30.6. The van der Waals surface area contributed by atoms with E-state index in [1.54, 1.807) is 0 Å². The van der Waals surface area contributed by atoms with E-state index in [2.05, 4.69) is 24.3 Å². The predicted molar refractivity (Wildman–Crippen MR) is 125 cm³/mol. The number of carbonyl (C=O) groups is 2. The Balaban J connectivity index is 1.46. The van der Waals surface area contributed by atoms with Gasteiger partial charge in [-0.3, -0.25) is 9.59 Å². The van der Waals surface area contributed by atoms with Crippen molar-refractivity contribution >= 4 is 28.3 Å². The Labute approximate surface area is 186 Å². The standard InChI is InChI=1S/C29H21NO2/c1-29-25-22-12-6-4-10-20(22)24(21-11-5-7-13-23(21)25)26(29)27(31)30(28(29)32)19-15-14-17-8-2-3-9-18(17)16-19/h2-16,24-26H,1H3/t24?,25?,26-,29-/m1/s1. The third kappa shape index (κ3) is 1.97. The molecule has 0 saturated carbocycles. The van der Waals surface area contributed by atoms with Crippen LogP contribution < -0.4 is 4.90 Å². The number of benzene rings is 4. The first-order valence-corrected chi connectivity index (χ1v) is 11.2. The van der Waals surface area contributed by atoms with Crippen molar-refractivity contribution in [3.63, 3.8) is 0 Å². The zero-order chi connectivity index (χ0) is 21.6. The van der Waals surface area contributed by atoms with E-state index in [-0.39, 0.29) is 23.7 Å². The zero-order valence-electron chi connectivity index (χ0n) is 17.7. The fourth-order valence-corrected chi connectivity index (χ4v) is 6.68. The van der Waals surface area contributed by atoms with E-state index in [0.29, 0.717) is 5.69 Å². The van der Waals surface area contributed by atoms with Crippen molar-refractivity contribution in [2.24, 2.45) is 11.3 Å². The van der Waals surface area contributed by atoms with Crippen LogP contribution in [0.15, 0.2) is 91.0 Å². The summed E-state index contributed by atoms with van der Waals surface area (Å²) in [6.07, 6.45) is 0. The number of nitrogens with zero attached hydrogens (tertiary/aromatic N) is 1. The first-order chi connectivity index (χ1) is 15.6. The van der Waals surface area contributed by atoms with Crippen molar-refractivity contribution in [2.75, 3.05) is 4.90 Å². The van der Waals surface area contributed by atoms with Gasteiger partial charge in [-0.2, -0.15) is 0 Å². The molecule has 32 heavy (non-hydrogen) atoms. The largest absolute Gasteiger partial charge is 0.274 e. The SMILES string of the molecule is C[C@]12C(=O)N(c3ccc4ccccc4c3)C(=O)[C@H]1C1c3ccccc3C2c2ccccc21. The Morgan fingerprint density at radius 1 is 0.688 bits per heavy atom. The van der Waals surface area contributed by atoms with Gasteiger partial charge in [0.25, 0.3) is 0 Å². The molecule has 0 aromatic heterocycles. The summed E-state index contributed by atoms with van der Waals surface area (Å²) in [4.78, 5) is 29.6. The molecule has 1 saturated heterocycles. The Morgan fingerprint density at radius 2 is 1.25 bits per heavy atom. The summed E-state index contributed by atoms with van der Waals surface area (Å²) < 4.78 is 0. The molecule has 1 fully saturated rings. The monoisotopic (exact) mass is 415 g/mol. The summed E-state index contributed by atoms with van der Waals surface area (Å²) in [6.45, 7) is 2.02. The van der Waals surface area contributed by atoms with Crippen molar-refractivity contribution < 1.29 is 9.59 Å². The molecule has 4 aromatic carbocycles. The second kappa shape index (κ2) is 5.95. The van der Waals surface area contributed by atoms with Gasteiger partial charge in [0.05, 0.1) is 17.0 Å². The molecule has 4 aromatic rings. The van der Waals surface area contributed by atoms with E-state index in [1.165, 1.54) is 27.2 Å². The Bertz CT molecular complexity index is 1420. The fourth-order valence-electron chi connectivity index (χ4n) is 6.68. The second-order valence-electron chi connectivity index (χ2n) is 9.44. The number of rotatable bonds is 1.